The van der Waals surface area contributed by atoms with Crippen LogP contribution in [0.1, 0.15) is 93.6 Å². The van der Waals surface area contributed by atoms with Gasteiger partial charge in [-0.3, -0.25) is 4.98 Å². The monoisotopic (exact) mass is 1200 g/mol. The van der Waals surface area contributed by atoms with Crippen LogP contribution in [0.15, 0.2) is 207 Å². The average molecular weight is 1200 g/mol. The second-order valence-electron chi connectivity index (χ2n) is 20.6. The Kier molecular flexibility index (Phi) is 14.4. The van der Waals surface area contributed by atoms with Crippen molar-refractivity contribution in [2.75, 3.05) is 9.80 Å². The Balaban J connectivity index is 0.00000753. The SMILES string of the molecule is [2H]c1c([2H])c([2H])c2c(c1[2H])c1ccc(Oc3[c-]c(N4[CH-]N(c5c(/C6=C/C=C\N/C=C\C=C/[B]6)cccc5/C5=C/C=C\N/C=C\C=C/[B]5)c5ccccc54)cc(-c4c(C(C)C)cccc4C(C)C)n3)[c-]c1n2-c1cc(C(C)(C)C)ccn1.[Pt]. The predicted molar refractivity (Wildman–Crippen MR) is 323 cm³/mol. The molecule has 0 saturated carbocycles. The van der Waals surface area contributed by atoms with E-state index in [-0.39, 0.29) is 68.4 Å². The molecule has 8 aromatic rings. The quantitative estimate of drug-likeness (QED) is 0.104. The average Bonchev–Trinajstić information content (AvgIpc) is 3.77. The largest absolute Gasteiger partial charge is 0.503 e. The van der Waals surface area contributed by atoms with Crippen molar-refractivity contribution in [1.82, 2.24) is 25.2 Å². The first kappa shape index (κ1) is 48.3. The fraction of sp³-hybridized carbons (Fsp3) is 0.149. The summed E-state index contributed by atoms with van der Waals surface area (Å²) < 4.78 is 44.6. The number of ether oxygens (including phenoxy) is 1. The van der Waals surface area contributed by atoms with Gasteiger partial charge in [-0.25, -0.2) is 4.98 Å². The number of nitrogens with one attached hydrogen (secondary N) is 2. The molecule has 8 nitrogen and oxygen atoms in total. The van der Waals surface area contributed by atoms with Gasteiger partial charge in [-0.15, -0.1) is 36.1 Å². The summed E-state index contributed by atoms with van der Waals surface area (Å²) in [7, 11) is 4.27. The van der Waals surface area contributed by atoms with Gasteiger partial charge in [-0.2, -0.15) is 23.9 Å². The first-order valence-electron chi connectivity index (χ1n) is 28.1. The third-order valence-corrected chi connectivity index (χ3v) is 13.8. The molecule has 2 N–H and O–H groups in total. The summed E-state index contributed by atoms with van der Waals surface area (Å²) in [6.07, 6.45) is 25.6. The van der Waals surface area contributed by atoms with Crippen LogP contribution in [0.2, 0.25) is 0 Å². The van der Waals surface area contributed by atoms with Crippen LogP contribution in [0.3, 0.4) is 0 Å². The van der Waals surface area contributed by atoms with Crippen molar-refractivity contribution in [2.45, 2.75) is 65.7 Å². The van der Waals surface area contributed by atoms with Crippen LogP contribution in [0, 0.1) is 18.8 Å². The topological polar surface area (TPSA) is 70.5 Å². The van der Waals surface area contributed by atoms with E-state index in [4.69, 9.17) is 18.8 Å². The Hall–Kier alpha value is -8.06. The van der Waals surface area contributed by atoms with Crippen LogP contribution in [0.4, 0.5) is 22.7 Å². The van der Waals surface area contributed by atoms with E-state index >= 15 is 0 Å². The van der Waals surface area contributed by atoms with Crippen LogP contribution in [0.25, 0.3) is 49.8 Å². The van der Waals surface area contributed by atoms with Gasteiger partial charge in [-0.05, 0) is 116 Å². The zero-order chi connectivity index (χ0) is 56.5. The molecule has 2 radical (unpaired) electrons. The third kappa shape index (κ3) is 10.9. The Morgan fingerprint density at radius 2 is 1.31 bits per heavy atom. The van der Waals surface area contributed by atoms with Crippen LogP contribution in [-0.4, -0.2) is 29.1 Å². The van der Waals surface area contributed by atoms with Crippen molar-refractivity contribution < 1.29 is 31.3 Å². The number of fused-ring (bicyclic) bond motifs is 4. The number of para-hydroxylation sites is 4. The predicted octanol–water partition coefficient (Wildman–Crippen LogP) is 16.0. The molecule has 5 aromatic carbocycles. The molecule has 0 amide bonds. The third-order valence-electron chi connectivity index (χ3n) is 13.8. The Morgan fingerprint density at radius 1 is 0.679 bits per heavy atom. The van der Waals surface area contributed by atoms with Crippen LogP contribution >= 0.6 is 0 Å². The maximum Gasteiger partial charge on any atom is 0.182 e. The number of benzene rings is 5. The van der Waals surface area contributed by atoms with Gasteiger partial charge in [0.2, 0.25) is 0 Å². The van der Waals surface area contributed by atoms with Crippen LogP contribution < -0.4 is 25.2 Å². The van der Waals surface area contributed by atoms with Gasteiger partial charge in [0.15, 0.2) is 14.6 Å². The van der Waals surface area contributed by atoms with Gasteiger partial charge in [0, 0.05) is 80.4 Å². The summed E-state index contributed by atoms with van der Waals surface area (Å²) in [6.45, 7) is 17.3. The number of aromatic nitrogens is 3. The van der Waals surface area contributed by atoms with E-state index in [0.29, 0.717) is 44.8 Å². The fourth-order valence-corrected chi connectivity index (χ4v) is 10.0. The molecule has 0 bridgehead atoms. The molecule has 11 heteroatoms. The molecule has 0 fully saturated rings. The molecular formula is C67H60B2N7OPt-3. The first-order valence-corrected chi connectivity index (χ1v) is 26.1. The molecule has 3 aromatic heterocycles. The van der Waals surface area contributed by atoms with Crippen molar-refractivity contribution in [3.05, 3.63) is 253 Å². The van der Waals surface area contributed by atoms with E-state index in [2.05, 4.69) is 193 Å². The van der Waals surface area contributed by atoms with Crippen LogP contribution in [-0.2, 0) is 26.5 Å². The Bertz CT molecular complexity index is 3940. The van der Waals surface area contributed by atoms with Crippen molar-refractivity contribution >= 4 is 70.1 Å². The van der Waals surface area contributed by atoms with Gasteiger partial charge in [-0.1, -0.05) is 156 Å². The molecule has 3 aliphatic heterocycles. The minimum Gasteiger partial charge on any atom is -0.503 e. The minimum atomic E-state index is -0.333. The van der Waals surface area contributed by atoms with Crippen molar-refractivity contribution in [2.24, 2.45) is 0 Å². The molecule has 6 heterocycles. The first-order chi connectivity index (χ1) is 39.2. The van der Waals surface area contributed by atoms with E-state index in [1.54, 1.807) is 16.8 Å². The summed E-state index contributed by atoms with van der Waals surface area (Å²) >= 11 is 0. The van der Waals surface area contributed by atoms with E-state index in [1.165, 1.54) is 0 Å². The van der Waals surface area contributed by atoms with Gasteiger partial charge >= 0.3 is 0 Å². The second kappa shape index (κ2) is 23.3. The normalized spacial score (nSPS) is 18.9. The van der Waals surface area contributed by atoms with Gasteiger partial charge in [0.05, 0.1) is 5.48 Å². The minimum absolute atomic E-state index is 0. The zero-order valence-electron chi connectivity index (χ0n) is 48.7. The van der Waals surface area contributed by atoms with E-state index in [0.717, 1.165) is 61.4 Å². The second-order valence-corrected chi connectivity index (χ2v) is 20.6. The molecule has 0 atom stereocenters. The van der Waals surface area contributed by atoms with Crippen molar-refractivity contribution in [3.8, 4) is 28.7 Å². The molecule has 0 spiro atoms. The number of nitrogens with zero attached hydrogens (tertiary/aromatic N) is 5. The molecular weight excluding hydrogens is 1140 g/mol. The van der Waals surface area contributed by atoms with E-state index in [1.807, 2.05) is 79.5 Å². The summed E-state index contributed by atoms with van der Waals surface area (Å²) in [5.74, 6) is 5.43. The molecule has 3 aliphatic rings. The van der Waals surface area contributed by atoms with Crippen molar-refractivity contribution in [3.63, 3.8) is 0 Å². The van der Waals surface area contributed by atoms with E-state index in [9.17, 15) is 1.37 Å². The molecule has 388 valence electrons. The number of allylic oxidation sites excluding steroid dienone is 8. The van der Waals surface area contributed by atoms with Crippen LogP contribution in [0.5, 0.6) is 11.6 Å². The van der Waals surface area contributed by atoms with Crippen molar-refractivity contribution in [1.29, 1.82) is 0 Å². The van der Waals surface area contributed by atoms with Gasteiger partial charge in [0.25, 0.3) is 0 Å². The Morgan fingerprint density at radius 3 is 1.96 bits per heavy atom. The number of pyridine rings is 2. The number of anilines is 4. The zero-order valence-corrected chi connectivity index (χ0v) is 46.9. The maximum atomic E-state index is 9.24. The number of hydrogen-bond donors (Lipinski definition) is 2. The molecule has 11 rings (SSSR count). The molecule has 0 saturated heterocycles. The maximum absolute atomic E-state index is 9.24. The summed E-state index contributed by atoms with van der Waals surface area (Å²) in [5, 5.41) is 7.40. The summed E-state index contributed by atoms with van der Waals surface area (Å²) in [6, 6.07) is 37.1. The fourth-order valence-electron chi connectivity index (χ4n) is 10.0. The number of rotatable bonds is 10. The smallest absolute Gasteiger partial charge is 0.182 e. The van der Waals surface area contributed by atoms with Gasteiger partial charge < -0.3 is 29.7 Å². The van der Waals surface area contributed by atoms with E-state index < -0.39 is 0 Å². The summed E-state index contributed by atoms with van der Waals surface area (Å²) in [4.78, 5) is 14.6. The Labute approximate surface area is 481 Å². The van der Waals surface area contributed by atoms with Gasteiger partial charge in [0.1, 0.15) is 11.7 Å². The molecule has 0 aliphatic carbocycles. The number of hydrogen-bond acceptors (Lipinski definition) is 7. The molecule has 0 unspecified atom stereocenters. The molecule has 78 heavy (non-hydrogen) atoms. The summed E-state index contributed by atoms with van der Waals surface area (Å²) in [5.41, 5.74) is 13.1. The standard InChI is InChI=1S/C67H60B2N7O.Pt/c1-45(2)50-21-16-22-51(46(3)4)65(50)58-41-48(42-64(73-58)77-49-30-31-53-52-20-8-9-27-59(52)76(62(53)43-49)63-40-47(32-39-72-63)67(5,6)7)74-44-75(61-29-11-10-28-60(61)74)66-54(56-25-18-37-70-35-14-12-33-68-56)23-17-24-55(66)57-26-19-38-71-36-15-13-34-69-57;/h8-41,44-46,70-71H,1-7H3;/q-3;/b33-12-,34-13-,35-14-,36-15-,37-18-,38-19-,56-25-,57-26-;/i8D,9D,20D,27D;.